The van der Waals surface area contributed by atoms with Gasteiger partial charge in [-0.1, -0.05) is 6.92 Å². The molecule has 0 bridgehead atoms. The van der Waals surface area contributed by atoms with Crippen molar-refractivity contribution in [2.75, 3.05) is 11.9 Å². The van der Waals surface area contributed by atoms with Crippen LogP contribution in [0.3, 0.4) is 0 Å². The molecule has 0 aliphatic carbocycles. The molecule has 8 nitrogen and oxygen atoms in total. The van der Waals surface area contributed by atoms with Gasteiger partial charge in [-0.25, -0.2) is 4.98 Å². The highest BCUT2D eigenvalue weighted by Crippen LogP contribution is 2.29. The van der Waals surface area contributed by atoms with Gasteiger partial charge in [0.05, 0.1) is 11.2 Å². The van der Waals surface area contributed by atoms with Gasteiger partial charge < -0.3 is 14.5 Å². The number of aryl methyl sites for hydroxylation is 1. The van der Waals surface area contributed by atoms with Gasteiger partial charge in [0.15, 0.2) is 0 Å². The monoisotopic (exact) mass is 292 g/mol. The standard InChI is InChI=1S/C13H16N4O4/c1-3-6-14-13-15-9(2)11(17(18)19)12(16-13)21-8-10-5-4-7-20-10/h4-5,7H,3,6,8H2,1-2H3,(H,14,15,16). The minimum absolute atomic E-state index is 0.0670. The highest BCUT2D eigenvalue weighted by molar-refractivity contribution is 5.48. The highest BCUT2D eigenvalue weighted by atomic mass is 16.6. The van der Waals surface area contributed by atoms with E-state index in [0.29, 0.717) is 18.3 Å². The second-order valence-corrected chi connectivity index (χ2v) is 4.34. The van der Waals surface area contributed by atoms with Crippen molar-refractivity contribution in [3.63, 3.8) is 0 Å². The van der Waals surface area contributed by atoms with Crippen LogP contribution in [0.5, 0.6) is 5.88 Å². The lowest BCUT2D eigenvalue weighted by molar-refractivity contribution is -0.387. The third-order valence-electron chi connectivity index (χ3n) is 2.67. The molecule has 0 amide bonds. The molecule has 2 rings (SSSR count). The predicted molar refractivity (Wildman–Crippen MR) is 75.2 cm³/mol. The molecule has 0 aliphatic rings. The first-order valence-electron chi connectivity index (χ1n) is 6.54. The fraction of sp³-hybridized carbons (Fsp3) is 0.385. The second kappa shape index (κ2) is 6.69. The zero-order chi connectivity index (χ0) is 15.2. The summed E-state index contributed by atoms with van der Waals surface area (Å²) in [6.45, 7) is 4.29. The number of nitro groups is 1. The Morgan fingerprint density at radius 1 is 1.48 bits per heavy atom. The molecule has 0 unspecified atom stereocenters. The Balaban J connectivity index is 2.25. The van der Waals surface area contributed by atoms with Crippen LogP contribution < -0.4 is 10.1 Å². The fourth-order valence-electron chi connectivity index (χ4n) is 1.70. The van der Waals surface area contributed by atoms with Crippen molar-refractivity contribution >= 4 is 11.6 Å². The van der Waals surface area contributed by atoms with Gasteiger partial charge in [-0.05, 0) is 25.5 Å². The average Bonchev–Trinajstić information content (AvgIpc) is 2.95. The van der Waals surface area contributed by atoms with E-state index in [9.17, 15) is 10.1 Å². The number of hydrogen-bond acceptors (Lipinski definition) is 7. The molecule has 2 aromatic heterocycles. The van der Waals surface area contributed by atoms with Gasteiger partial charge in [0.2, 0.25) is 5.95 Å². The molecule has 8 heteroatoms. The lowest BCUT2D eigenvalue weighted by Crippen LogP contribution is -2.09. The fourth-order valence-corrected chi connectivity index (χ4v) is 1.70. The smallest absolute Gasteiger partial charge is 0.352 e. The molecular weight excluding hydrogens is 276 g/mol. The summed E-state index contributed by atoms with van der Waals surface area (Å²) in [5.41, 5.74) is 0.0200. The normalized spacial score (nSPS) is 10.4. The first-order chi connectivity index (χ1) is 10.1. The number of rotatable bonds is 7. The van der Waals surface area contributed by atoms with Crippen molar-refractivity contribution in [1.82, 2.24) is 9.97 Å². The number of ether oxygens (including phenoxy) is 1. The van der Waals surface area contributed by atoms with Crippen molar-refractivity contribution in [1.29, 1.82) is 0 Å². The quantitative estimate of drug-likeness (QED) is 0.618. The number of nitrogens with one attached hydrogen (secondary N) is 1. The second-order valence-electron chi connectivity index (χ2n) is 4.34. The summed E-state index contributed by atoms with van der Waals surface area (Å²) in [6.07, 6.45) is 2.40. The molecule has 0 aromatic carbocycles. The highest BCUT2D eigenvalue weighted by Gasteiger charge is 2.23. The molecule has 112 valence electrons. The van der Waals surface area contributed by atoms with E-state index in [1.54, 1.807) is 19.1 Å². The molecule has 1 N–H and O–H groups in total. The number of aromatic nitrogens is 2. The van der Waals surface area contributed by atoms with Crippen molar-refractivity contribution < 1.29 is 14.1 Å². The maximum Gasteiger partial charge on any atom is 0.352 e. The first-order valence-corrected chi connectivity index (χ1v) is 6.54. The van der Waals surface area contributed by atoms with E-state index in [1.807, 2.05) is 6.92 Å². The van der Waals surface area contributed by atoms with Crippen LogP contribution in [0.4, 0.5) is 11.6 Å². The van der Waals surface area contributed by atoms with Crippen LogP contribution in [0.15, 0.2) is 22.8 Å². The Kier molecular flexibility index (Phi) is 4.70. The van der Waals surface area contributed by atoms with E-state index >= 15 is 0 Å². The summed E-state index contributed by atoms with van der Waals surface area (Å²) in [5, 5.41) is 14.1. The predicted octanol–water partition coefficient (Wildman–Crippen LogP) is 2.69. The van der Waals surface area contributed by atoms with Gasteiger partial charge in [-0.2, -0.15) is 4.98 Å². The van der Waals surface area contributed by atoms with Crippen LogP contribution in [0.1, 0.15) is 24.8 Å². The van der Waals surface area contributed by atoms with Crippen molar-refractivity contribution in [2.45, 2.75) is 26.9 Å². The molecule has 0 atom stereocenters. The number of furan rings is 1. The topological polar surface area (TPSA) is 103 Å². The third-order valence-corrected chi connectivity index (χ3v) is 2.67. The van der Waals surface area contributed by atoms with Crippen LogP contribution in [0.2, 0.25) is 0 Å². The molecule has 0 fully saturated rings. The van der Waals surface area contributed by atoms with E-state index in [4.69, 9.17) is 9.15 Å². The molecule has 0 saturated heterocycles. The van der Waals surface area contributed by atoms with Crippen LogP contribution in [0.25, 0.3) is 0 Å². The van der Waals surface area contributed by atoms with E-state index in [-0.39, 0.29) is 23.9 Å². The Morgan fingerprint density at radius 2 is 2.29 bits per heavy atom. The lowest BCUT2D eigenvalue weighted by atomic mass is 10.3. The summed E-state index contributed by atoms with van der Waals surface area (Å²) in [7, 11) is 0. The zero-order valence-electron chi connectivity index (χ0n) is 11.8. The lowest BCUT2D eigenvalue weighted by Gasteiger charge is -2.09. The minimum Gasteiger partial charge on any atom is -0.466 e. The van der Waals surface area contributed by atoms with E-state index in [2.05, 4.69) is 15.3 Å². The van der Waals surface area contributed by atoms with Crippen molar-refractivity contribution in [3.8, 4) is 5.88 Å². The third kappa shape index (κ3) is 3.68. The molecule has 2 heterocycles. The van der Waals surface area contributed by atoms with Crippen LogP contribution in [0, 0.1) is 17.0 Å². The van der Waals surface area contributed by atoms with E-state index < -0.39 is 4.92 Å². The van der Waals surface area contributed by atoms with Gasteiger partial charge in [-0.3, -0.25) is 10.1 Å². The van der Waals surface area contributed by atoms with Gasteiger partial charge in [0, 0.05) is 6.54 Å². The summed E-state index contributed by atoms with van der Waals surface area (Å²) in [6, 6.07) is 3.43. The van der Waals surface area contributed by atoms with Crippen LogP contribution in [-0.4, -0.2) is 21.4 Å². The first kappa shape index (κ1) is 14.8. The maximum absolute atomic E-state index is 11.1. The summed E-state index contributed by atoms with van der Waals surface area (Å²) in [5.74, 6) is 0.806. The molecule has 0 saturated carbocycles. The van der Waals surface area contributed by atoms with Crippen LogP contribution in [-0.2, 0) is 6.61 Å². The molecule has 21 heavy (non-hydrogen) atoms. The Bertz CT molecular complexity index is 613. The number of hydrogen-bond donors (Lipinski definition) is 1. The van der Waals surface area contributed by atoms with Gasteiger partial charge in [0.25, 0.3) is 5.88 Å². The van der Waals surface area contributed by atoms with Gasteiger partial charge in [0.1, 0.15) is 18.1 Å². The number of anilines is 1. The Hall–Kier alpha value is -2.64. The molecule has 0 radical (unpaired) electrons. The van der Waals surface area contributed by atoms with Gasteiger partial charge >= 0.3 is 5.69 Å². The Labute approximate surface area is 121 Å². The Morgan fingerprint density at radius 3 is 2.90 bits per heavy atom. The summed E-state index contributed by atoms with van der Waals surface area (Å²) >= 11 is 0. The molecule has 0 spiro atoms. The molecular formula is C13H16N4O4. The van der Waals surface area contributed by atoms with E-state index in [1.165, 1.54) is 6.26 Å². The summed E-state index contributed by atoms with van der Waals surface area (Å²) < 4.78 is 10.5. The molecule has 2 aromatic rings. The maximum atomic E-state index is 11.1. The largest absolute Gasteiger partial charge is 0.466 e. The van der Waals surface area contributed by atoms with Crippen LogP contribution >= 0.6 is 0 Å². The summed E-state index contributed by atoms with van der Waals surface area (Å²) in [4.78, 5) is 18.7. The van der Waals surface area contributed by atoms with Gasteiger partial charge in [-0.15, -0.1) is 0 Å². The van der Waals surface area contributed by atoms with Crippen molar-refractivity contribution in [3.05, 3.63) is 40.0 Å². The molecule has 0 aliphatic heterocycles. The average molecular weight is 292 g/mol. The van der Waals surface area contributed by atoms with Crippen molar-refractivity contribution in [2.24, 2.45) is 0 Å². The SMILES string of the molecule is CCCNc1nc(C)c([N+](=O)[O-])c(OCc2ccco2)n1. The number of nitrogens with zero attached hydrogens (tertiary/aromatic N) is 3. The minimum atomic E-state index is -0.545. The zero-order valence-corrected chi connectivity index (χ0v) is 11.8. The van der Waals surface area contributed by atoms with E-state index in [0.717, 1.165) is 6.42 Å².